The summed E-state index contributed by atoms with van der Waals surface area (Å²) in [5.74, 6) is -1.65. The number of hydrogen-bond donors (Lipinski definition) is 1. The van der Waals surface area contributed by atoms with Gasteiger partial charge in [-0.05, 0) is 36.1 Å². The van der Waals surface area contributed by atoms with E-state index in [0.717, 1.165) is 16.7 Å². The molecule has 0 radical (unpaired) electrons. The van der Waals surface area contributed by atoms with Crippen molar-refractivity contribution in [3.8, 4) is 0 Å². The number of unbranched alkanes of at least 4 members (excludes halogenated alkanes) is 1. The number of benzene rings is 3. The summed E-state index contributed by atoms with van der Waals surface area (Å²) in [6, 6.07) is 27.0. The second-order valence-electron chi connectivity index (χ2n) is 9.09. The molecule has 0 bridgehead atoms. The molecule has 3 rings (SSSR count). The highest BCUT2D eigenvalue weighted by atomic mass is 16.5. The monoisotopic (exact) mass is 532 g/mol. The summed E-state index contributed by atoms with van der Waals surface area (Å²) in [5.41, 5.74) is 8.18. The average molecular weight is 533 g/mol. The molecule has 0 aliphatic rings. The van der Waals surface area contributed by atoms with E-state index in [1.165, 1.54) is 4.90 Å². The van der Waals surface area contributed by atoms with Crippen molar-refractivity contribution in [1.82, 2.24) is 4.90 Å². The Kier molecular flexibility index (Phi) is 12.7. The third kappa shape index (κ3) is 11.1. The molecule has 3 aromatic rings. The number of rotatable bonds is 16. The van der Waals surface area contributed by atoms with Gasteiger partial charge >= 0.3 is 17.9 Å². The van der Waals surface area contributed by atoms with E-state index in [4.69, 9.17) is 19.9 Å². The Morgan fingerprint density at radius 1 is 0.615 bits per heavy atom. The van der Waals surface area contributed by atoms with Crippen molar-refractivity contribution in [2.45, 2.75) is 45.1 Å². The lowest BCUT2D eigenvalue weighted by molar-refractivity contribution is -0.158. The van der Waals surface area contributed by atoms with Gasteiger partial charge in [-0.3, -0.25) is 19.3 Å². The Balaban J connectivity index is 1.71. The second kappa shape index (κ2) is 16.8. The summed E-state index contributed by atoms with van der Waals surface area (Å²) < 4.78 is 16.5. The maximum Gasteiger partial charge on any atom is 0.323 e. The van der Waals surface area contributed by atoms with Crippen molar-refractivity contribution >= 4 is 17.9 Å². The molecule has 8 heteroatoms. The van der Waals surface area contributed by atoms with Crippen molar-refractivity contribution in [1.29, 1.82) is 0 Å². The molecule has 0 unspecified atom stereocenters. The lowest BCUT2D eigenvalue weighted by Gasteiger charge is -2.28. The van der Waals surface area contributed by atoms with Gasteiger partial charge in [-0.15, -0.1) is 0 Å². The fourth-order valence-electron chi connectivity index (χ4n) is 3.93. The van der Waals surface area contributed by atoms with E-state index in [2.05, 4.69) is 0 Å². The molecule has 0 spiro atoms. The molecular formula is C31H36N2O6. The highest BCUT2D eigenvalue weighted by molar-refractivity contribution is 5.80. The number of carbonyl (C=O) groups is 3. The van der Waals surface area contributed by atoms with Gasteiger partial charge in [-0.2, -0.15) is 0 Å². The second-order valence-corrected chi connectivity index (χ2v) is 9.09. The summed E-state index contributed by atoms with van der Waals surface area (Å²) in [5, 5.41) is 0. The van der Waals surface area contributed by atoms with Crippen LogP contribution in [0.2, 0.25) is 0 Å². The van der Waals surface area contributed by atoms with Gasteiger partial charge in [0.05, 0.1) is 13.1 Å². The van der Waals surface area contributed by atoms with Gasteiger partial charge in [0.15, 0.2) is 0 Å². The number of hydrogen-bond acceptors (Lipinski definition) is 8. The van der Waals surface area contributed by atoms with Gasteiger partial charge in [-0.25, -0.2) is 0 Å². The predicted molar refractivity (Wildman–Crippen MR) is 147 cm³/mol. The van der Waals surface area contributed by atoms with E-state index in [0.29, 0.717) is 25.8 Å². The quantitative estimate of drug-likeness (QED) is 0.167. The van der Waals surface area contributed by atoms with E-state index >= 15 is 0 Å². The van der Waals surface area contributed by atoms with Crippen molar-refractivity contribution in [3.63, 3.8) is 0 Å². The molecule has 8 nitrogen and oxygen atoms in total. The first-order valence-corrected chi connectivity index (χ1v) is 13.1. The lowest BCUT2D eigenvalue weighted by Crippen LogP contribution is -2.47. The molecule has 3 aromatic carbocycles. The Bertz CT molecular complexity index is 1080. The fourth-order valence-corrected chi connectivity index (χ4v) is 3.93. The van der Waals surface area contributed by atoms with Crippen LogP contribution < -0.4 is 5.73 Å². The van der Waals surface area contributed by atoms with E-state index in [1.54, 1.807) is 0 Å². The van der Waals surface area contributed by atoms with Crippen LogP contribution in [-0.4, -0.2) is 48.5 Å². The van der Waals surface area contributed by atoms with Crippen LogP contribution in [0.25, 0.3) is 0 Å². The van der Waals surface area contributed by atoms with Crippen molar-refractivity contribution in [3.05, 3.63) is 108 Å². The lowest BCUT2D eigenvalue weighted by atomic mass is 10.1. The van der Waals surface area contributed by atoms with Crippen LogP contribution in [0.1, 0.15) is 36.0 Å². The van der Waals surface area contributed by atoms with Crippen LogP contribution in [0, 0.1) is 0 Å². The van der Waals surface area contributed by atoms with E-state index in [1.807, 2.05) is 91.0 Å². The van der Waals surface area contributed by atoms with E-state index < -0.39 is 23.9 Å². The maximum atomic E-state index is 13.3. The highest BCUT2D eigenvalue weighted by Crippen LogP contribution is 2.14. The van der Waals surface area contributed by atoms with E-state index in [-0.39, 0.29) is 32.9 Å². The topological polar surface area (TPSA) is 108 Å². The van der Waals surface area contributed by atoms with Crippen LogP contribution in [0.3, 0.4) is 0 Å². The maximum absolute atomic E-state index is 13.3. The fraction of sp³-hybridized carbons (Fsp3) is 0.323. The van der Waals surface area contributed by atoms with Crippen LogP contribution in [-0.2, 0) is 48.4 Å². The zero-order valence-corrected chi connectivity index (χ0v) is 22.1. The van der Waals surface area contributed by atoms with Crippen molar-refractivity contribution in [2.75, 3.05) is 19.6 Å². The number of esters is 3. The number of carbonyl (C=O) groups excluding carboxylic acids is 3. The number of ether oxygens (including phenoxy) is 3. The average Bonchev–Trinajstić information content (AvgIpc) is 2.97. The summed E-state index contributed by atoms with van der Waals surface area (Å²) in [6.07, 6.45) is 1.67. The summed E-state index contributed by atoms with van der Waals surface area (Å²) in [7, 11) is 0. The van der Waals surface area contributed by atoms with Crippen LogP contribution in [0.15, 0.2) is 91.0 Å². The first-order valence-electron chi connectivity index (χ1n) is 13.1. The Labute approximate surface area is 229 Å². The van der Waals surface area contributed by atoms with Crippen LogP contribution in [0.5, 0.6) is 0 Å². The Hall–Kier alpha value is -4.01. The molecule has 0 aromatic heterocycles. The van der Waals surface area contributed by atoms with E-state index in [9.17, 15) is 14.4 Å². The molecule has 0 heterocycles. The molecule has 1 atom stereocenters. The smallest absolute Gasteiger partial charge is 0.323 e. The SMILES string of the molecule is NCCCC[C@@H](C(=O)OCc1ccccc1)N(CC(=O)OCc1ccccc1)CC(=O)OCc1ccccc1. The molecule has 0 saturated heterocycles. The summed E-state index contributed by atoms with van der Waals surface area (Å²) in [6.45, 7) is 0.161. The number of nitrogens with two attached hydrogens (primary N) is 1. The van der Waals surface area contributed by atoms with Crippen molar-refractivity contribution < 1.29 is 28.6 Å². The largest absolute Gasteiger partial charge is 0.460 e. The third-order valence-corrected chi connectivity index (χ3v) is 6.02. The molecule has 0 amide bonds. The standard InChI is InChI=1S/C31H36N2O6/c32-19-11-10-18-28(31(36)39-24-27-16-8-3-9-17-27)33(20-29(34)37-22-25-12-4-1-5-13-25)21-30(35)38-23-26-14-6-2-7-15-26/h1-9,12-17,28H,10-11,18-24,32H2/t28-/m0/s1. The Morgan fingerprint density at radius 2 is 1.03 bits per heavy atom. The minimum absolute atomic E-state index is 0.0812. The summed E-state index contributed by atoms with van der Waals surface area (Å²) >= 11 is 0. The van der Waals surface area contributed by atoms with Gasteiger partial charge in [-0.1, -0.05) is 97.4 Å². The first-order chi connectivity index (χ1) is 19.0. The van der Waals surface area contributed by atoms with Gasteiger partial charge < -0.3 is 19.9 Å². The van der Waals surface area contributed by atoms with Gasteiger partial charge in [0, 0.05) is 0 Å². The third-order valence-electron chi connectivity index (χ3n) is 6.02. The van der Waals surface area contributed by atoms with Gasteiger partial charge in [0.25, 0.3) is 0 Å². The first kappa shape index (κ1) is 29.5. The van der Waals surface area contributed by atoms with Gasteiger partial charge in [0.2, 0.25) is 0 Å². The summed E-state index contributed by atoms with van der Waals surface area (Å²) in [4.78, 5) is 40.4. The highest BCUT2D eigenvalue weighted by Gasteiger charge is 2.31. The molecule has 2 N–H and O–H groups in total. The molecule has 0 aliphatic heterocycles. The minimum Gasteiger partial charge on any atom is -0.460 e. The zero-order valence-electron chi connectivity index (χ0n) is 22.1. The molecular weight excluding hydrogens is 496 g/mol. The normalized spacial score (nSPS) is 11.5. The Morgan fingerprint density at radius 3 is 1.44 bits per heavy atom. The predicted octanol–water partition coefficient (Wildman–Crippen LogP) is 4.02. The molecule has 0 fully saturated rings. The van der Waals surface area contributed by atoms with Crippen LogP contribution in [0.4, 0.5) is 0 Å². The van der Waals surface area contributed by atoms with Crippen LogP contribution >= 0.6 is 0 Å². The molecule has 39 heavy (non-hydrogen) atoms. The number of nitrogens with zero attached hydrogens (tertiary/aromatic N) is 1. The zero-order chi connectivity index (χ0) is 27.7. The minimum atomic E-state index is -0.853. The molecule has 0 aliphatic carbocycles. The molecule has 206 valence electrons. The van der Waals surface area contributed by atoms with Gasteiger partial charge in [0.1, 0.15) is 25.9 Å². The van der Waals surface area contributed by atoms with Crippen molar-refractivity contribution in [2.24, 2.45) is 5.73 Å². The molecule has 0 saturated carbocycles.